The molecule has 0 radical (unpaired) electrons. The largest absolute Gasteiger partial charge is 0.463 e. The number of likely N-dealkylation sites (tertiary alicyclic amines) is 1. The molecule has 3 aromatic rings. The maximum Gasteiger partial charge on any atom is 0.319 e. The van der Waals surface area contributed by atoms with Crippen LogP contribution in [0.3, 0.4) is 0 Å². The smallest absolute Gasteiger partial charge is 0.319 e. The molecule has 3 N–H and O–H groups in total. The molecule has 3 heterocycles. The summed E-state index contributed by atoms with van der Waals surface area (Å²) in [5.74, 6) is 0.428. The van der Waals surface area contributed by atoms with Gasteiger partial charge in [0.25, 0.3) is 0 Å². The predicted octanol–water partition coefficient (Wildman–Crippen LogP) is 3.13. The number of aromatic amines is 1. The van der Waals surface area contributed by atoms with Gasteiger partial charge in [0.15, 0.2) is 5.82 Å². The summed E-state index contributed by atoms with van der Waals surface area (Å²) in [4.78, 5) is 14.4. The van der Waals surface area contributed by atoms with E-state index in [1.54, 1.807) is 0 Å². The van der Waals surface area contributed by atoms with Gasteiger partial charge >= 0.3 is 6.01 Å². The standard InChI is InChI=1S/C20H25N5O/c1-2-10-26-20-23-17-16(12-22-18(17)19(21)24-20)11-14-4-6-15(7-5-14)13-25-8-3-9-25/h4-7,12,22H,2-3,8-11,13H2,1H3,(H2,21,23,24). The molecule has 6 nitrogen and oxygen atoms in total. The minimum Gasteiger partial charge on any atom is -0.463 e. The van der Waals surface area contributed by atoms with E-state index < -0.39 is 0 Å². The van der Waals surface area contributed by atoms with E-state index >= 15 is 0 Å². The van der Waals surface area contributed by atoms with E-state index in [1.165, 1.54) is 30.6 Å². The molecule has 0 unspecified atom stereocenters. The van der Waals surface area contributed by atoms with Crippen molar-refractivity contribution < 1.29 is 4.74 Å². The van der Waals surface area contributed by atoms with Gasteiger partial charge in [-0.1, -0.05) is 31.2 Å². The number of hydrogen-bond donors (Lipinski definition) is 2. The van der Waals surface area contributed by atoms with Crippen molar-refractivity contribution >= 4 is 16.9 Å². The summed E-state index contributed by atoms with van der Waals surface area (Å²) >= 11 is 0. The molecule has 1 aliphatic heterocycles. The van der Waals surface area contributed by atoms with E-state index in [-0.39, 0.29) is 0 Å². The van der Waals surface area contributed by atoms with Crippen LogP contribution in [0.4, 0.5) is 5.82 Å². The first-order valence-corrected chi connectivity index (χ1v) is 9.29. The van der Waals surface area contributed by atoms with Gasteiger partial charge in [0.1, 0.15) is 11.0 Å². The summed E-state index contributed by atoms with van der Waals surface area (Å²) in [5, 5.41) is 0. The third-order valence-corrected chi connectivity index (χ3v) is 4.82. The fourth-order valence-electron chi connectivity index (χ4n) is 3.23. The summed E-state index contributed by atoms with van der Waals surface area (Å²) in [6.45, 7) is 6.13. The average Bonchev–Trinajstić information content (AvgIpc) is 3.01. The second-order valence-electron chi connectivity index (χ2n) is 6.90. The molecule has 136 valence electrons. The number of nitrogens with two attached hydrogens (primary N) is 1. The summed E-state index contributed by atoms with van der Waals surface area (Å²) in [5.41, 5.74) is 11.4. The lowest BCUT2D eigenvalue weighted by atomic mass is 10.0. The van der Waals surface area contributed by atoms with Crippen molar-refractivity contribution in [2.45, 2.75) is 32.7 Å². The fraction of sp³-hybridized carbons (Fsp3) is 0.400. The third kappa shape index (κ3) is 3.51. The fourth-order valence-corrected chi connectivity index (χ4v) is 3.23. The zero-order valence-electron chi connectivity index (χ0n) is 15.2. The molecule has 0 aliphatic carbocycles. The molecule has 1 aromatic carbocycles. The van der Waals surface area contributed by atoms with E-state index in [4.69, 9.17) is 10.5 Å². The summed E-state index contributed by atoms with van der Waals surface area (Å²) in [6, 6.07) is 9.20. The molecular formula is C20H25N5O. The molecule has 4 rings (SSSR count). The summed E-state index contributed by atoms with van der Waals surface area (Å²) in [6.07, 6.45) is 5.00. The minimum absolute atomic E-state index is 0.350. The zero-order chi connectivity index (χ0) is 17.9. The van der Waals surface area contributed by atoms with Crippen LogP contribution < -0.4 is 10.5 Å². The maximum atomic E-state index is 6.05. The highest BCUT2D eigenvalue weighted by Gasteiger charge is 2.14. The highest BCUT2D eigenvalue weighted by molar-refractivity contribution is 5.87. The Kier molecular flexibility index (Phi) is 4.75. The van der Waals surface area contributed by atoms with Gasteiger partial charge in [0, 0.05) is 24.7 Å². The first-order chi connectivity index (χ1) is 12.7. The van der Waals surface area contributed by atoms with Crippen LogP contribution in [0.1, 0.15) is 36.5 Å². The highest BCUT2D eigenvalue weighted by Crippen LogP contribution is 2.25. The predicted molar refractivity (Wildman–Crippen MR) is 103 cm³/mol. The Morgan fingerprint density at radius 1 is 1.15 bits per heavy atom. The molecule has 0 amide bonds. The number of anilines is 1. The summed E-state index contributed by atoms with van der Waals surface area (Å²) < 4.78 is 5.57. The number of fused-ring (bicyclic) bond motifs is 1. The van der Waals surface area contributed by atoms with Gasteiger partial charge in [-0.3, -0.25) is 4.90 Å². The van der Waals surface area contributed by atoms with Crippen molar-refractivity contribution in [3.8, 4) is 6.01 Å². The molecule has 1 saturated heterocycles. The summed E-state index contributed by atoms with van der Waals surface area (Å²) in [7, 11) is 0. The average molecular weight is 351 g/mol. The number of rotatable bonds is 7. The number of nitrogen functional groups attached to an aromatic ring is 1. The van der Waals surface area contributed by atoms with E-state index in [2.05, 4.69) is 51.0 Å². The molecule has 0 saturated carbocycles. The van der Waals surface area contributed by atoms with Gasteiger partial charge in [-0.25, -0.2) is 0 Å². The van der Waals surface area contributed by atoms with Crippen molar-refractivity contribution in [3.63, 3.8) is 0 Å². The van der Waals surface area contributed by atoms with Crippen LogP contribution in [-0.4, -0.2) is 39.5 Å². The molecule has 0 spiro atoms. The third-order valence-electron chi connectivity index (χ3n) is 4.82. The Balaban J connectivity index is 1.53. The Hall–Kier alpha value is -2.60. The first kappa shape index (κ1) is 16.8. The topological polar surface area (TPSA) is 80.1 Å². The Bertz CT molecular complexity index is 883. The highest BCUT2D eigenvalue weighted by atomic mass is 16.5. The number of nitrogens with zero attached hydrogens (tertiary/aromatic N) is 3. The van der Waals surface area contributed by atoms with Crippen LogP contribution in [0.2, 0.25) is 0 Å². The molecular weight excluding hydrogens is 326 g/mol. The molecule has 0 bridgehead atoms. The van der Waals surface area contributed by atoms with Crippen LogP contribution in [-0.2, 0) is 13.0 Å². The zero-order valence-corrected chi connectivity index (χ0v) is 15.2. The monoisotopic (exact) mass is 351 g/mol. The van der Waals surface area contributed by atoms with Gasteiger partial charge in [0.05, 0.1) is 6.61 Å². The second kappa shape index (κ2) is 7.33. The van der Waals surface area contributed by atoms with Crippen LogP contribution in [0.25, 0.3) is 11.0 Å². The van der Waals surface area contributed by atoms with Crippen molar-refractivity contribution in [3.05, 3.63) is 47.2 Å². The lowest BCUT2D eigenvalue weighted by Gasteiger charge is -2.30. The van der Waals surface area contributed by atoms with Crippen LogP contribution in [0.15, 0.2) is 30.5 Å². The number of hydrogen-bond acceptors (Lipinski definition) is 5. The first-order valence-electron chi connectivity index (χ1n) is 9.29. The molecule has 1 aliphatic rings. The van der Waals surface area contributed by atoms with Gasteiger partial charge < -0.3 is 15.5 Å². The van der Waals surface area contributed by atoms with Crippen molar-refractivity contribution in [2.24, 2.45) is 0 Å². The van der Waals surface area contributed by atoms with Gasteiger partial charge in [-0.15, -0.1) is 0 Å². The van der Waals surface area contributed by atoms with Crippen molar-refractivity contribution in [1.29, 1.82) is 0 Å². The van der Waals surface area contributed by atoms with Gasteiger partial charge in [0.2, 0.25) is 0 Å². The molecule has 0 atom stereocenters. The number of H-pyrrole nitrogens is 1. The van der Waals surface area contributed by atoms with Crippen molar-refractivity contribution in [2.75, 3.05) is 25.4 Å². The van der Waals surface area contributed by atoms with Crippen LogP contribution >= 0.6 is 0 Å². The number of ether oxygens (including phenoxy) is 1. The molecule has 6 heteroatoms. The number of benzene rings is 1. The lowest BCUT2D eigenvalue weighted by Crippen LogP contribution is -2.36. The van der Waals surface area contributed by atoms with E-state index in [9.17, 15) is 0 Å². The molecule has 1 fully saturated rings. The Morgan fingerprint density at radius 3 is 2.62 bits per heavy atom. The SMILES string of the molecule is CCCOc1nc(N)c2[nH]cc(Cc3ccc(CN4CCC4)cc3)c2n1. The van der Waals surface area contributed by atoms with Gasteiger partial charge in [-0.05, 0) is 37.1 Å². The van der Waals surface area contributed by atoms with Crippen LogP contribution in [0.5, 0.6) is 6.01 Å². The van der Waals surface area contributed by atoms with E-state index in [0.29, 0.717) is 18.4 Å². The molecule has 2 aromatic heterocycles. The number of nitrogens with one attached hydrogen (secondary N) is 1. The Labute approximate surface area is 153 Å². The Morgan fingerprint density at radius 2 is 1.92 bits per heavy atom. The lowest BCUT2D eigenvalue weighted by molar-refractivity contribution is 0.172. The quantitative estimate of drug-likeness (QED) is 0.684. The minimum atomic E-state index is 0.350. The van der Waals surface area contributed by atoms with Crippen molar-refractivity contribution in [1.82, 2.24) is 19.9 Å². The normalized spacial score (nSPS) is 14.5. The second-order valence-corrected chi connectivity index (χ2v) is 6.90. The van der Waals surface area contributed by atoms with E-state index in [1.807, 2.05) is 6.20 Å². The molecule has 26 heavy (non-hydrogen) atoms. The maximum absolute atomic E-state index is 6.05. The van der Waals surface area contributed by atoms with Crippen LogP contribution in [0, 0.1) is 0 Å². The number of aromatic nitrogens is 3. The van der Waals surface area contributed by atoms with E-state index in [0.717, 1.165) is 36.0 Å². The van der Waals surface area contributed by atoms with Gasteiger partial charge in [-0.2, -0.15) is 9.97 Å².